The summed E-state index contributed by atoms with van der Waals surface area (Å²) in [5.74, 6) is 0.658. The lowest BCUT2D eigenvalue weighted by molar-refractivity contribution is 0.359. The minimum absolute atomic E-state index is 0.153. The van der Waals surface area contributed by atoms with E-state index in [4.69, 9.17) is 4.52 Å². The fraction of sp³-hybridized carbons (Fsp3) is 0.318. The van der Waals surface area contributed by atoms with Crippen LogP contribution in [0.1, 0.15) is 39.3 Å². The summed E-state index contributed by atoms with van der Waals surface area (Å²) in [6, 6.07) is 13.4. The molecule has 0 bridgehead atoms. The molecule has 0 N–H and O–H groups in total. The molecule has 0 aliphatic heterocycles. The third-order valence-electron chi connectivity index (χ3n) is 5.11. The van der Waals surface area contributed by atoms with Crippen molar-refractivity contribution in [3.05, 3.63) is 81.7 Å². The van der Waals surface area contributed by atoms with Crippen molar-refractivity contribution in [2.45, 2.75) is 52.6 Å². The van der Waals surface area contributed by atoms with Crippen LogP contribution >= 0.6 is 0 Å². The molecule has 3 aromatic rings. The van der Waals surface area contributed by atoms with E-state index < -0.39 is 10.0 Å². The first-order valence-corrected chi connectivity index (χ1v) is 10.7. The quantitative estimate of drug-likeness (QED) is 0.608. The predicted molar refractivity (Wildman–Crippen MR) is 110 cm³/mol. The second kappa shape index (κ2) is 7.89. The fourth-order valence-electron chi connectivity index (χ4n) is 3.38. The molecule has 5 nitrogen and oxygen atoms in total. The van der Waals surface area contributed by atoms with Crippen molar-refractivity contribution in [1.29, 1.82) is 0 Å². The summed E-state index contributed by atoms with van der Waals surface area (Å²) in [5, 5.41) is 4.00. The third kappa shape index (κ3) is 4.03. The molecule has 0 unspecified atom stereocenters. The van der Waals surface area contributed by atoms with E-state index in [9.17, 15) is 8.42 Å². The minimum atomic E-state index is -3.74. The molecule has 3 rings (SSSR count). The molecule has 2 aromatic carbocycles. The fourth-order valence-corrected chi connectivity index (χ4v) is 5.36. The van der Waals surface area contributed by atoms with Gasteiger partial charge in [0, 0.05) is 12.6 Å². The van der Waals surface area contributed by atoms with Gasteiger partial charge in [-0.15, -0.1) is 0 Å². The van der Waals surface area contributed by atoms with Gasteiger partial charge in [-0.25, -0.2) is 8.42 Å². The van der Waals surface area contributed by atoms with Crippen LogP contribution in [-0.2, 0) is 23.1 Å². The van der Waals surface area contributed by atoms with Crippen molar-refractivity contribution >= 4 is 10.0 Å². The summed E-state index contributed by atoms with van der Waals surface area (Å²) < 4.78 is 34.2. The Bertz CT molecular complexity index is 1060. The number of aryl methyl sites for hydroxylation is 3. The molecule has 0 saturated heterocycles. The van der Waals surface area contributed by atoms with Crippen LogP contribution in [0, 0.1) is 34.6 Å². The molecule has 1 heterocycles. The maximum atomic E-state index is 13.8. The zero-order valence-electron chi connectivity index (χ0n) is 17.0. The first-order valence-electron chi connectivity index (χ1n) is 9.24. The topological polar surface area (TPSA) is 63.4 Å². The van der Waals surface area contributed by atoms with Gasteiger partial charge in [0.05, 0.1) is 17.1 Å². The highest BCUT2D eigenvalue weighted by Gasteiger charge is 2.30. The van der Waals surface area contributed by atoms with E-state index in [0.717, 1.165) is 27.8 Å². The number of benzene rings is 2. The molecule has 0 aliphatic carbocycles. The van der Waals surface area contributed by atoms with E-state index in [1.54, 1.807) is 13.0 Å². The molecule has 0 radical (unpaired) electrons. The van der Waals surface area contributed by atoms with Crippen molar-refractivity contribution in [3.8, 4) is 0 Å². The highest BCUT2D eigenvalue weighted by atomic mass is 32.2. The second-order valence-corrected chi connectivity index (χ2v) is 9.15. The number of nitrogens with zero attached hydrogens (tertiary/aromatic N) is 2. The Morgan fingerprint density at radius 2 is 1.50 bits per heavy atom. The van der Waals surface area contributed by atoms with Gasteiger partial charge in [-0.3, -0.25) is 0 Å². The molecule has 0 atom stereocenters. The van der Waals surface area contributed by atoms with Gasteiger partial charge in [0.25, 0.3) is 0 Å². The summed E-state index contributed by atoms with van der Waals surface area (Å²) in [6.45, 7) is 9.85. The van der Waals surface area contributed by atoms with Crippen molar-refractivity contribution in [3.63, 3.8) is 0 Å². The highest BCUT2D eigenvalue weighted by molar-refractivity contribution is 7.89. The Balaban J connectivity index is 2.10. The summed E-state index contributed by atoms with van der Waals surface area (Å²) in [7, 11) is -3.74. The zero-order chi connectivity index (χ0) is 20.5. The summed E-state index contributed by atoms with van der Waals surface area (Å²) in [4.78, 5) is 0.390. The summed E-state index contributed by atoms with van der Waals surface area (Å²) in [5.41, 5.74) is 5.04. The summed E-state index contributed by atoms with van der Waals surface area (Å²) >= 11 is 0. The van der Waals surface area contributed by atoms with Gasteiger partial charge in [0.15, 0.2) is 0 Å². The Labute approximate surface area is 167 Å². The number of aromatic nitrogens is 1. The lowest BCUT2D eigenvalue weighted by Crippen LogP contribution is -2.31. The van der Waals surface area contributed by atoms with Crippen LogP contribution < -0.4 is 0 Å². The van der Waals surface area contributed by atoms with Gasteiger partial charge in [-0.2, -0.15) is 4.31 Å². The first-order chi connectivity index (χ1) is 13.2. The Morgan fingerprint density at radius 3 is 2.04 bits per heavy atom. The Hall–Kier alpha value is -2.44. The van der Waals surface area contributed by atoms with Crippen molar-refractivity contribution in [2.75, 3.05) is 0 Å². The number of hydrogen-bond donors (Lipinski definition) is 0. The predicted octanol–water partition coefficient (Wildman–Crippen LogP) is 4.61. The smallest absolute Gasteiger partial charge is 0.244 e. The van der Waals surface area contributed by atoms with Crippen LogP contribution in [0.5, 0.6) is 0 Å². The van der Waals surface area contributed by atoms with Crippen LogP contribution in [0.25, 0.3) is 0 Å². The molecule has 0 fully saturated rings. The van der Waals surface area contributed by atoms with Gasteiger partial charge in [-0.1, -0.05) is 41.6 Å². The van der Waals surface area contributed by atoms with Crippen LogP contribution in [0.2, 0.25) is 0 Å². The van der Waals surface area contributed by atoms with Gasteiger partial charge >= 0.3 is 0 Å². The van der Waals surface area contributed by atoms with Gasteiger partial charge < -0.3 is 4.52 Å². The van der Waals surface area contributed by atoms with Crippen LogP contribution in [0.4, 0.5) is 0 Å². The molecular weight excluding hydrogens is 372 g/mol. The van der Waals surface area contributed by atoms with Crippen LogP contribution in [0.3, 0.4) is 0 Å². The molecule has 6 heteroatoms. The average Bonchev–Trinajstić information content (AvgIpc) is 3.05. The number of sulfonamides is 1. The van der Waals surface area contributed by atoms with E-state index in [1.807, 2.05) is 64.1 Å². The Kier molecular flexibility index (Phi) is 5.72. The molecule has 148 valence electrons. The first kappa shape index (κ1) is 20.3. The molecule has 0 amide bonds. The molecule has 0 spiro atoms. The van der Waals surface area contributed by atoms with E-state index in [1.165, 1.54) is 4.31 Å². The lowest BCUT2D eigenvalue weighted by Gasteiger charge is -2.25. The van der Waals surface area contributed by atoms with E-state index in [-0.39, 0.29) is 13.1 Å². The van der Waals surface area contributed by atoms with E-state index >= 15 is 0 Å². The maximum absolute atomic E-state index is 13.8. The van der Waals surface area contributed by atoms with E-state index in [0.29, 0.717) is 16.3 Å². The van der Waals surface area contributed by atoms with Crippen molar-refractivity contribution in [1.82, 2.24) is 9.46 Å². The molecule has 0 aliphatic rings. The monoisotopic (exact) mass is 398 g/mol. The van der Waals surface area contributed by atoms with Crippen LogP contribution in [0.15, 0.2) is 51.9 Å². The zero-order valence-corrected chi connectivity index (χ0v) is 17.8. The lowest BCUT2D eigenvalue weighted by atomic mass is 10.0. The third-order valence-corrected chi connectivity index (χ3v) is 7.18. The highest BCUT2D eigenvalue weighted by Crippen LogP contribution is 2.30. The minimum Gasteiger partial charge on any atom is -0.361 e. The number of rotatable bonds is 6. The van der Waals surface area contributed by atoms with E-state index in [2.05, 4.69) is 5.16 Å². The molecule has 0 saturated carbocycles. The Morgan fingerprint density at radius 1 is 0.893 bits per heavy atom. The largest absolute Gasteiger partial charge is 0.361 e. The SMILES string of the molecule is Cc1cc(CN(Cc2ccccc2)S(=O)(=O)c2c(C)c(C)cc(C)c2C)no1. The second-order valence-electron chi connectivity index (χ2n) is 7.28. The summed E-state index contributed by atoms with van der Waals surface area (Å²) in [6.07, 6.45) is 0. The van der Waals surface area contributed by atoms with Gasteiger partial charge in [-0.05, 0) is 62.4 Å². The molecular formula is C22H26N2O3S. The normalized spacial score (nSPS) is 11.9. The maximum Gasteiger partial charge on any atom is 0.244 e. The van der Waals surface area contributed by atoms with Crippen molar-refractivity contribution < 1.29 is 12.9 Å². The van der Waals surface area contributed by atoms with Gasteiger partial charge in [0.1, 0.15) is 5.76 Å². The van der Waals surface area contributed by atoms with Crippen LogP contribution in [-0.4, -0.2) is 17.9 Å². The standard InChI is InChI=1S/C22H26N2O3S/c1-15-11-16(2)19(5)22(18(15)4)28(25,26)24(13-20-9-7-6-8-10-20)14-21-12-17(3)27-23-21/h6-12H,13-14H2,1-5H3. The van der Waals surface area contributed by atoms with Gasteiger partial charge in [0.2, 0.25) is 10.0 Å². The van der Waals surface area contributed by atoms with Crippen molar-refractivity contribution in [2.24, 2.45) is 0 Å². The number of hydrogen-bond acceptors (Lipinski definition) is 4. The molecule has 1 aromatic heterocycles. The average molecular weight is 399 g/mol. The molecule has 28 heavy (non-hydrogen) atoms.